The molecule has 1 heterocycles. The second-order valence-corrected chi connectivity index (χ2v) is 6.83. The van der Waals surface area contributed by atoms with Gasteiger partial charge in [-0.15, -0.1) is 0 Å². The maximum atomic E-state index is 12.4. The Morgan fingerprint density at radius 2 is 1.69 bits per heavy atom. The number of benzene rings is 3. The molecule has 2 amide bonds. The highest BCUT2D eigenvalue weighted by atomic mass is 16.5. The van der Waals surface area contributed by atoms with Crippen LogP contribution >= 0.6 is 0 Å². The smallest absolute Gasteiger partial charge is 0.325 e. The largest absolute Gasteiger partial charge is 0.454 e. The van der Waals surface area contributed by atoms with E-state index in [0.29, 0.717) is 12.1 Å². The Balaban J connectivity index is 1.27. The van der Waals surface area contributed by atoms with Crippen LogP contribution in [0.3, 0.4) is 0 Å². The van der Waals surface area contributed by atoms with Crippen molar-refractivity contribution in [2.75, 3.05) is 24.6 Å². The normalized spacial score (nSPS) is 12.5. The first-order valence-corrected chi connectivity index (χ1v) is 9.43. The number of rotatable bonds is 5. The highest BCUT2D eigenvalue weighted by molar-refractivity contribution is 6.00. The number of anilines is 1. The van der Waals surface area contributed by atoms with Crippen LogP contribution < -0.4 is 10.2 Å². The summed E-state index contributed by atoms with van der Waals surface area (Å²) < 4.78 is 5.04. The van der Waals surface area contributed by atoms with Gasteiger partial charge in [0.25, 0.3) is 11.8 Å². The molecule has 1 N–H and O–H groups in total. The van der Waals surface area contributed by atoms with Gasteiger partial charge < -0.3 is 15.0 Å². The van der Waals surface area contributed by atoms with Crippen LogP contribution in [0.15, 0.2) is 66.7 Å². The van der Waals surface area contributed by atoms with Crippen molar-refractivity contribution in [3.63, 3.8) is 0 Å². The molecule has 6 nitrogen and oxygen atoms in total. The van der Waals surface area contributed by atoms with E-state index in [4.69, 9.17) is 4.74 Å². The fourth-order valence-corrected chi connectivity index (χ4v) is 3.45. The highest BCUT2D eigenvalue weighted by Crippen LogP contribution is 2.27. The van der Waals surface area contributed by atoms with Gasteiger partial charge in [0.2, 0.25) is 0 Å². The highest BCUT2D eigenvalue weighted by Gasteiger charge is 2.24. The molecule has 29 heavy (non-hydrogen) atoms. The number of nitrogens with zero attached hydrogens (tertiary/aromatic N) is 1. The second-order valence-electron chi connectivity index (χ2n) is 6.83. The molecule has 0 unspecified atom stereocenters. The summed E-state index contributed by atoms with van der Waals surface area (Å²) in [6.45, 7) is -0.0665. The summed E-state index contributed by atoms with van der Waals surface area (Å²) >= 11 is 0. The zero-order valence-corrected chi connectivity index (χ0v) is 15.8. The lowest BCUT2D eigenvalue weighted by molar-refractivity contribution is -0.146. The third-order valence-electron chi connectivity index (χ3n) is 4.95. The summed E-state index contributed by atoms with van der Waals surface area (Å²) in [6.07, 6.45) is 0.789. The zero-order valence-electron chi connectivity index (χ0n) is 15.8. The van der Waals surface area contributed by atoms with Crippen molar-refractivity contribution in [1.29, 1.82) is 0 Å². The standard InChI is InChI=1S/C23H20N2O4/c26-21(25-12-11-17-6-3-4-8-20(17)25)15-29-22(27)14-24-23(28)19-10-9-16-5-1-2-7-18(16)13-19/h1-10,13H,11-12,14-15H2,(H,24,28). The molecule has 0 radical (unpaired) electrons. The van der Waals surface area contributed by atoms with E-state index in [1.54, 1.807) is 17.0 Å². The van der Waals surface area contributed by atoms with Gasteiger partial charge in [-0.2, -0.15) is 0 Å². The van der Waals surface area contributed by atoms with Crippen molar-refractivity contribution >= 4 is 34.2 Å². The maximum absolute atomic E-state index is 12.4. The summed E-state index contributed by atoms with van der Waals surface area (Å²) in [7, 11) is 0. The molecule has 3 aromatic rings. The third kappa shape index (κ3) is 4.11. The lowest BCUT2D eigenvalue weighted by Gasteiger charge is -2.17. The average Bonchev–Trinajstić information content (AvgIpc) is 3.19. The number of amides is 2. The molecule has 1 aliphatic heterocycles. The third-order valence-corrected chi connectivity index (χ3v) is 4.95. The number of nitrogens with one attached hydrogen (secondary N) is 1. The molecular formula is C23H20N2O4. The van der Waals surface area contributed by atoms with Crippen molar-refractivity contribution in [3.05, 3.63) is 77.9 Å². The van der Waals surface area contributed by atoms with E-state index in [9.17, 15) is 14.4 Å². The van der Waals surface area contributed by atoms with Gasteiger partial charge in [0, 0.05) is 17.8 Å². The predicted octanol–water partition coefficient (Wildman–Crippen LogP) is 2.70. The van der Waals surface area contributed by atoms with Crippen molar-refractivity contribution in [2.45, 2.75) is 6.42 Å². The van der Waals surface area contributed by atoms with Crippen LogP contribution in [0.5, 0.6) is 0 Å². The Morgan fingerprint density at radius 1 is 0.931 bits per heavy atom. The topological polar surface area (TPSA) is 75.7 Å². The van der Waals surface area contributed by atoms with Crippen LogP contribution in [0, 0.1) is 0 Å². The maximum Gasteiger partial charge on any atom is 0.325 e. The van der Waals surface area contributed by atoms with Crippen LogP contribution in [0.25, 0.3) is 10.8 Å². The van der Waals surface area contributed by atoms with Crippen LogP contribution in [0.4, 0.5) is 5.69 Å². The Labute approximate surface area is 168 Å². The van der Waals surface area contributed by atoms with Gasteiger partial charge in [-0.25, -0.2) is 0 Å². The summed E-state index contributed by atoms with van der Waals surface area (Å²) in [5, 5.41) is 4.51. The molecule has 6 heteroatoms. The molecule has 4 rings (SSSR count). The molecule has 0 bridgehead atoms. The van der Waals surface area contributed by atoms with Crippen LogP contribution in [0.2, 0.25) is 0 Å². The first-order chi connectivity index (χ1) is 14.1. The fourth-order valence-electron chi connectivity index (χ4n) is 3.45. The van der Waals surface area contributed by atoms with E-state index in [2.05, 4.69) is 5.32 Å². The van der Waals surface area contributed by atoms with E-state index < -0.39 is 5.97 Å². The van der Waals surface area contributed by atoms with Crippen LogP contribution in [-0.2, 0) is 20.7 Å². The molecule has 0 spiro atoms. The number of carbonyl (C=O) groups is 3. The van der Waals surface area contributed by atoms with Gasteiger partial charge in [-0.1, -0.05) is 48.5 Å². The van der Waals surface area contributed by atoms with Crippen molar-refractivity contribution < 1.29 is 19.1 Å². The van der Waals surface area contributed by atoms with Gasteiger partial charge in [0.1, 0.15) is 6.54 Å². The molecule has 0 fully saturated rings. The fraction of sp³-hybridized carbons (Fsp3) is 0.174. The van der Waals surface area contributed by atoms with E-state index in [1.807, 2.05) is 54.6 Å². The zero-order chi connectivity index (χ0) is 20.2. The number of hydrogen-bond acceptors (Lipinski definition) is 4. The van der Waals surface area contributed by atoms with Gasteiger partial charge in [-0.05, 0) is 41.0 Å². The molecule has 0 saturated heterocycles. The van der Waals surface area contributed by atoms with Crippen LogP contribution in [-0.4, -0.2) is 37.5 Å². The lowest BCUT2D eigenvalue weighted by Crippen LogP contribution is -2.35. The SMILES string of the molecule is O=C(CNC(=O)c1ccc2ccccc2c1)OCC(=O)N1CCc2ccccc21. The molecule has 0 aromatic heterocycles. The molecule has 3 aromatic carbocycles. The summed E-state index contributed by atoms with van der Waals surface area (Å²) in [5.41, 5.74) is 2.43. The summed E-state index contributed by atoms with van der Waals surface area (Å²) in [4.78, 5) is 38.2. The number of esters is 1. The molecule has 1 aliphatic rings. The second kappa shape index (κ2) is 8.14. The van der Waals surface area contributed by atoms with Gasteiger partial charge >= 0.3 is 5.97 Å². The van der Waals surface area contributed by atoms with E-state index in [-0.39, 0.29) is 25.0 Å². The van der Waals surface area contributed by atoms with Crippen LogP contribution in [0.1, 0.15) is 15.9 Å². The molecular weight excluding hydrogens is 368 g/mol. The van der Waals surface area contributed by atoms with Crippen molar-refractivity contribution in [1.82, 2.24) is 5.32 Å². The monoisotopic (exact) mass is 388 g/mol. The first kappa shape index (κ1) is 18.7. The molecule has 146 valence electrons. The summed E-state index contributed by atoms with van der Waals surface area (Å²) in [6, 6.07) is 20.7. The Hall–Kier alpha value is -3.67. The van der Waals surface area contributed by atoms with Crippen molar-refractivity contribution in [2.24, 2.45) is 0 Å². The predicted molar refractivity (Wildman–Crippen MR) is 110 cm³/mol. The van der Waals surface area contributed by atoms with Gasteiger partial charge in [-0.3, -0.25) is 14.4 Å². The number of fused-ring (bicyclic) bond motifs is 2. The van der Waals surface area contributed by atoms with Gasteiger partial charge in [0.15, 0.2) is 6.61 Å². The molecule has 0 saturated carbocycles. The Bertz CT molecular complexity index is 1090. The quantitative estimate of drug-likeness (QED) is 0.682. The minimum atomic E-state index is -0.653. The molecule has 0 aliphatic carbocycles. The minimum absolute atomic E-state index is 0.274. The Morgan fingerprint density at radius 3 is 2.55 bits per heavy atom. The van der Waals surface area contributed by atoms with E-state index in [1.165, 1.54) is 0 Å². The van der Waals surface area contributed by atoms with Crippen molar-refractivity contribution in [3.8, 4) is 0 Å². The number of ether oxygens (including phenoxy) is 1. The molecule has 0 atom stereocenters. The van der Waals surface area contributed by atoms with E-state index >= 15 is 0 Å². The van der Waals surface area contributed by atoms with E-state index in [0.717, 1.165) is 28.4 Å². The summed E-state index contributed by atoms with van der Waals surface area (Å²) in [5.74, 6) is -1.29. The Kier molecular flexibility index (Phi) is 5.24. The minimum Gasteiger partial charge on any atom is -0.454 e. The number of carbonyl (C=O) groups excluding carboxylic acids is 3. The lowest BCUT2D eigenvalue weighted by atomic mass is 10.1. The first-order valence-electron chi connectivity index (χ1n) is 9.43. The van der Waals surface area contributed by atoms with Gasteiger partial charge in [0.05, 0.1) is 0 Å². The number of para-hydroxylation sites is 1. The average molecular weight is 388 g/mol. The number of hydrogen-bond donors (Lipinski definition) is 1.